The topological polar surface area (TPSA) is 69.6 Å². The first kappa shape index (κ1) is 14.4. The highest BCUT2D eigenvalue weighted by Crippen LogP contribution is 2.26. The first-order chi connectivity index (χ1) is 9.56. The van der Waals surface area contributed by atoms with Crippen molar-refractivity contribution < 1.29 is 14.7 Å². The van der Waals surface area contributed by atoms with Gasteiger partial charge in [-0.1, -0.05) is 29.8 Å². The fourth-order valence-electron chi connectivity index (χ4n) is 2.18. The third-order valence-corrected chi connectivity index (χ3v) is 3.33. The normalized spacial score (nSPS) is 13.8. The van der Waals surface area contributed by atoms with Crippen LogP contribution < -0.4 is 5.32 Å². The van der Waals surface area contributed by atoms with Crippen molar-refractivity contribution in [1.82, 2.24) is 10.2 Å². The fourth-order valence-corrected chi connectivity index (χ4v) is 2.18. The minimum atomic E-state index is -0.967. The molecule has 0 heterocycles. The number of hydrogen-bond donors (Lipinski definition) is 2. The summed E-state index contributed by atoms with van der Waals surface area (Å²) < 4.78 is 0. The van der Waals surface area contributed by atoms with Crippen LogP contribution in [0.3, 0.4) is 0 Å². The predicted molar refractivity (Wildman–Crippen MR) is 75.6 cm³/mol. The summed E-state index contributed by atoms with van der Waals surface area (Å²) in [5.74, 6) is -0.967. The van der Waals surface area contributed by atoms with E-state index in [0.717, 1.165) is 19.3 Å². The van der Waals surface area contributed by atoms with Crippen molar-refractivity contribution in [1.29, 1.82) is 0 Å². The third kappa shape index (κ3) is 4.26. The van der Waals surface area contributed by atoms with Crippen molar-refractivity contribution in [3.05, 3.63) is 35.4 Å². The number of carbonyl (C=O) groups is 2. The molecule has 0 spiro atoms. The van der Waals surface area contributed by atoms with Gasteiger partial charge in [-0.3, -0.25) is 4.79 Å². The monoisotopic (exact) mass is 276 g/mol. The second-order valence-electron chi connectivity index (χ2n) is 5.22. The number of carboxylic acids is 1. The zero-order valence-electron chi connectivity index (χ0n) is 11.6. The van der Waals surface area contributed by atoms with Crippen LogP contribution in [0, 0.1) is 6.92 Å². The number of nitrogens with zero attached hydrogens (tertiary/aromatic N) is 1. The van der Waals surface area contributed by atoms with Gasteiger partial charge < -0.3 is 15.3 Å². The average Bonchev–Trinajstić information content (AvgIpc) is 3.20. The molecule has 1 aromatic carbocycles. The molecule has 0 atom stereocenters. The Morgan fingerprint density at radius 3 is 2.75 bits per heavy atom. The third-order valence-electron chi connectivity index (χ3n) is 3.33. The Balaban J connectivity index is 1.80. The molecule has 5 heteroatoms. The van der Waals surface area contributed by atoms with Gasteiger partial charge >= 0.3 is 12.0 Å². The Morgan fingerprint density at radius 1 is 1.40 bits per heavy atom. The van der Waals surface area contributed by atoms with E-state index in [1.807, 2.05) is 25.1 Å². The quantitative estimate of drug-likeness (QED) is 0.832. The van der Waals surface area contributed by atoms with Gasteiger partial charge in [0.15, 0.2) is 0 Å². The summed E-state index contributed by atoms with van der Waals surface area (Å²) in [7, 11) is 0. The lowest BCUT2D eigenvalue weighted by molar-refractivity contribution is -0.137. The largest absolute Gasteiger partial charge is 0.480 e. The molecule has 0 aromatic heterocycles. The molecule has 1 aliphatic rings. The van der Waals surface area contributed by atoms with Gasteiger partial charge in [0.05, 0.1) is 0 Å². The first-order valence-electron chi connectivity index (χ1n) is 6.88. The van der Waals surface area contributed by atoms with Crippen molar-refractivity contribution in [2.45, 2.75) is 32.2 Å². The molecule has 108 valence electrons. The van der Waals surface area contributed by atoms with Crippen LogP contribution in [0.2, 0.25) is 0 Å². The van der Waals surface area contributed by atoms with E-state index in [1.165, 1.54) is 16.0 Å². The average molecular weight is 276 g/mol. The number of aryl methyl sites for hydroxylation is 1. The van der Waals surface area contributed by atoms with Crippen LogP contribution in [-0.4, -0.2) is 41.1 Å². The second-order valence-corrected chi connectivity index (χ2v) is 5.22. The lowest BCUT2D eigenvalue weighted by atomic mass is 10.1. The molecule has 2 amide bonds. The van der Waals surface area contributed by atoms with E-state index in [9.17, 15) is 9.59 Å². The number of carboxylic acid groups (broad SMARTS) is 1. The number of benzene rings is 1. The summed E-state index contributed by atoms with van der Waals surface area (Å²) in [5.41, 5.74) is 2.36. The molecule has 1 aliphatic carbocycles. The molecule has 1 saturated carbocycles. The molecule has 1 aromatic rings. The summed E-state index contributed by atoms with van der Waals surface area (Å²) in [4.78, 5) is 24.1. The van der Waals surface area contributed by atoms with Gasteiger partial charge in [-0.25, -0.2) is 4.79 Å². The molecule has 2 rings (SSSR count). The van der Waals surface area contributed by atoms with Crippen LogP contribution in [-0.2, 0) is 11.2 Å². The standard InChI is InChI=1S/C15H20N2O3/c1-11-3-2-4-12(9-11)7-8-16-15(20)17(10-14(18)19)13-5-6-13/h2-4,9,13H,5-8,10H2,1H3,(H,16,20)(H,18,19). The Morgan fingerprint density at radius 2 is 2.15 bits per heavy atom. The maximum atomic E-state index is 12.0. The zero-order chi connectivity index (χ0) is 14.5. The van der Waals surface area contributed by atoms with Gasteiger partial charge in [0, 0.05) is 12.6 Å². The molecule has 0 saturated heterocycles. The Labute approximate surface area is 118 Å². The molecule has 0 radical (unpaired) electrons. The van der Waals surface area contributed by atoms with Crippen LogP contribution >= 0.6 is 0 Å². The fraction of sp³-hybridized carbons (Fsp3) is 0.467. The van der Waals surface area contributed by atoms with Gasteiger partial charge in [0.1, 0.15) is 6.54 Å². The Hall–Kier alpha value is -2.04. The summed E-state index contributed by atoms with van der Waals surface area (Å²) >= 11 is 0. The van der Waals surface area contributed by atoms with Gasteiger partial charge in [-0.05, 0) is 31.7 Å². The number of aliphatic carboxylic acids is 1. The highest BCUT2D eigenvalue weighted by molar-refractivity contribution is 5.80. The Kier molecular flexibility index (Phi) is 4.61. The van der Waals surface area contributed by atoms with Gasteiger partial charge in [-0.2, -0.15) is 0 Å². The van der Waals surface area contributed by atoms with E-state index in [0.29, 0.717) is 6.54 Å². The van der Waals surface area contributed by atoms with Crippen molar-refractivity contribution in [3.63, 3.8) is 0 Å². The number of urea groups is 1. The summed E-state index contributed by atoms with van der Waals surface area (Å²) in [6.07, 6.45) is 2.55. The van der Waals surface area contributed by atoms with Crippen molar-refractivity contribution >= 4 is 12.0 Å². The smallest absolute Gasteiger partial charge is 0.323 e. The van der Waals surface area contributed by atoms with Crippen LogP contribution in [0.5, 0.6) is 0 Å². The van der Waals surface area contributed by atoms with E-state index in [4.69, 9.17) is 5.11 Å². The molecule has 0 unspecified atom stereocenters. The molecule has 1 fully saturated rings. The molecular formula is C15H20N2O3. The number of amides is 2. The van der Waals surface area contributed by atoms with Crippen molar-refractivity contribution in [2.24, 2.45) is 0 Å². The van der Waals surface area contributed by atoms with Crippen LogP contribution in [0.25, 0.3) is 0 Å². The summed E-state index contributed by atoms with van der Waals surface area (Å²) in [6.45, 7) is 2.33. The lowest BCUT2D eigenvalue weighted by Gasteiger charge is -2.20. The summed E-state index contributed by atoms with van der Waals surface area (Å²) in [6, 6.07) is 7.96. The van der Waals surface area contributed by atoms with Crippen molar-refractivity contribution in [2.75, 3.05) is 13.1 Å². The molecular weight excluding hydrogens is 256 g/mol. The first-order valence-corrected chi connectivity index (χ1v) is 6.88. The number of nitrogens with one attached hydrogen (secondary N) is 1. The van der Waals surface area contributed by atoms with E-state index < -0.39 is 5.97 Å². The lowest BCUT2D eigenvalue weighted by Crippen LogP contribution is -2.44. The van der Waals surface area contributed by atoms with Gasteiger partial charge in [0.25, 0.3) is 0 Å². The second kappa shape index (κ2) is 6.41. The SMILES string of the molecule is Cc1cccc(CCNC(=O)N(CC(=O)O)C2CC2)c1. The van der Waals surface area contributed by atoms with E-state index >= 15 is 0 Å². The number of hydrogen-bond acceptors (Lipinski definition) is 2. The predicted octanol–water partition coefficient (Wildman–Crippen LogP) is 1.80. The molecule has 0 bridgehead atoms. The molecule has 0 aliphatic heterocycles. The van der Waals surface area contributed by atoms with Crippen LogP contribution in [0.4, 0.5) is 4.79 Å². The van der Waals surface area contributed by atoms with E-state index in [1.54, 1.807) is 0 Å². The Bertz CT molecular complexity index is 498. The molecule has 2 N–H and O–H groups in total. The van der Waals surface area contributed by atoms with Crippen molar-refractivity contribution in [3.8, 4) is 0 Å². The number of carbonyl (C=O) groups excluding carboxylic acids is 1. The van der Waals surface area contributed by atoms with E-state index in [-0.39, 0.29) is 18.6 Å². The molecule has 5 nitrogen and oxygen atoms in total. The molecule has 20 heavy (non-hydrogen) atoms. The highest BCUT2D eigenvalue weighted by Gasteiger charge is 2.33. The maximum absolute atomic E-state index is 12.0. The van der Waals surface area contributed by atoms with Crippen LogP contribution in [0.15, 0.2) is 24.3 Å². The van der Waals surface area contributed by atoms with Gasteiger partial charge in [0.2, 0.25) is 0 Å². The van der Waals surface area contributed by atoms with Crippen LogP contribution in [0.1, 0.15) is 24.0 Å². The zero-order valence-corrected chi connectivity index (χ0v) is 11.6. The minimum Gasteiger partial charge on any atom is -0.480 e. The number of rotatable bonds is 6. The van der Waals surface area contributed by atoms with Gasteiger partial charge in [-0.15, -0.1) is 0 Å². The summed E-state index contributed by atoms with van der Waals surface area (Å²) in [5, 5.41) is 11.6. The highest BCUT2D eigenvalue weighted by atomic mass is 16.4. The van der Waals surface area contributed by atoms with E-state index in [2.05, 4.69) is 11.4 Å². The maximum Gasteiger partial charge on any atom is 0.323 e. The minimum absolute atomic E-state index is 0.102.